The summed E-state index contributed by atoms with van der Waals surface area (Å²) in [4.78, 5) is 34.3. The Hall–Kier alpha value is -4.56. The predicted octanol–water partition coefficient (Wildman–Crippen LogP) is 6.53. The van der Waals surface area contributed by atoms with Crippen molar-refractivity contribution in [3.63, 3.8) is 0 Å². The number of rotatable bonds is 9. The lowest BCUT2D eigenvalue weighted by Crippen LogP contribution is -2.17. The number of nitrogens with zero attached hydrogens (tertiary/aromatic N) is 2. The number of nitrogens with one attached hydrogen (secondary N) is 3. The highest BCUT2D eigenvalue weighted by Crippen LogP contribution is 2.35. The minimum atomic E-state index is -0.0849. The van der Waals surface area contributed by atoms with Gasteiger partial charge < -0.3 is 29.5 Å². The van der Waals surface area contributed by atoms with Crippen molar-refractivity contribution in [3.8, 4) is 34.0 Å². The van der Waals surface area contributed by atoms with E-state index in [4.69, 9.17) is 4.74 Å². The molecule has 0 aliphatic rings. The van der Waals surface area contributed by atoms with Crippen LogP contribution in [0.5, 0.6) is 11.5 Å². The summed E-state index contributed by atoms with van der Waals surface area (Å²) in [5.41, 5.74) is 7.91. The number of amides is 1. The average molecular weight is 552 g/mol. The van der Waals surface area contributed by atoms with Crippen LogP contribution in [0.25, 0.3) is 33.4 Å². The Labute approximate surface area is 240 Å². The third kappa shape index (κ3) is 6.28. The van der Waals surface area contributed by atoms with Crippen molar-refractivity contribution in [1.29, 1.82) is 0 Å². The van der Waals surface area contributed by atoms with Crippen LogP contribution in [0, 0.1) is 20.8 Å². The van der Waals surface area contributed by atoms with Gasteiger partial charge in [-0.05, 0) is 101 Å². The van der Waals surface area contributed by atoms with Crippen molar-refractivity contribution in [2.24, 2.45) is 7.05 Å². The smallest absolute Gasteiger partial charge is 0.274 e. The second kappa shape index (κ2) is 11.5. The van der Waals surface area contributed by atoms with Crippen LogP contribution in [0.1, 0.15) is 29.7 Å². The van der Waals surface area contributed by atoms with Gasteiger partial charge in [-0.1, -0.05) is 12.1 Å². The molecule has 8 nitrogen and oxygen atoms in total. The molecule has 2 aromatic carbocycles. The second-order valence-corrected chi connectivity index (χ2v) is 11.1. The molecule has 0 spiro atoms. The van der Waals surface area contributed by atoms with Crippen LogP contribution >= 0.6 is 0 Å². The number of H-pyrrole nitrogens is 2. The van der Waals surface area contributed by atoms with Crippen LogP contribution in [0.2, 0.25) is 0 Å². The zero-order valence-corrected chi connectivity index (χ0v) is 24.5. The van der Waals surface area contributed by atoms with Gasteiger partial charge in [0.2, 0.25) is 5.91 Å². The van der Waals surface area contributed by atoms with E-state index in [1.54, 1.807) is 11.6 Å². The molecule has 1 amide bonds. The molecule has 0 bridgehead atoms. The molecule has 3 heterocycles. The SMILES string of the molecule is Cc1cc(Oc2ccc(C)c(NC(=O)CCCN(C)C)c2)cc(-c2cn(C)c(=O)c3[nH]c(-c4ccc(C)[nH]4)cc23)c1. The Bertz CT molecular complexity index is 1790. The molecule has 0 unspecified atom stereocenters. The lowest BCUT2D eigenvalue weighted by Gasteiger charge is -2.14. The van der Waals surface area contributed by atoms with Crippen molar-refractivity contribution >= 4 is 22.5 Å². The van der Waals surface area contributed by atoms with Gasteiger partial charge in [-0.3, -0.25) is 9.59 Å². The average Bonchev–Trinajstić information content (AvgIpc) is 3.54. The van der Waals surface area contributed by atoms with Gasteiger partial charge in [0.25, 0.3) is 5.56 Å². The van der Waals surface area contributed by atoms with Gasteiger partial charge >= 0.3 is 0 Å². The number of benzene rings is 2. The van der Waals surface area contributed by atoms with Crippen molar-refractivity contribution < 1.29 is 9.53 Å². The number of anilines is 1. The Morgan fingerprint density at radius 2 is 1.76 bits per heavy atom. The van der Waals surface area contributed by atoms with E-state index in [2.05, 4.69) is 26.3 Å². The number of aromatic nitrogens is 3. The summed E-state index contributed by atoms with van der Waals surface area (Å²) >= 11 is 0. The van der Waals surface area contributed by atoms with Crippen LogP contribution in [-0.4, -0.2) is 46.0 Å². The number of aromatic amines is 2. The fraction of sp³-hybridized carbons (Fsp3) is 0.273. The van der Waals surface area contributed by atoms with E-state index < -0.39 is 0 Å². The molecule has 212 valence electrons. The second-order valence-electron chi connectivity index (χ2n) is 11.1. The number of hydrogen-bond donors (Lipinski definition) is 3. The highest BCUT2D eigenvalue weighted by atomic mass is 16.5. The molecule has 0 aliphatic carbocycles. The van der Waals surface area contributed by atoms with Gasteiger partial charge in [0.15, 0.2) is 0 Å². The minimum Gasteiger partial charge on any atom is -0.457 e. The lowest BCUT2D eigenvalue weighted by molar-refractivity contribution is -0.116. The van der Waals surface area contributed by atoms with E-state index in [1.165, 1.54) is 0 Å². The summed E-state index contributed by atoms with van der Waals surface area (Å²) in [5.74, 6) is 1.29. The molecule has 0 saturated heterocycles. The summed E-state index contributed by atoms with van der Waals surface area (Å²) < 4.78 is 7.92. The summed E-state index contributed by atoms with van der Waals surface area (Å²) in [6, 6.07) is 17.8. The molecule has 0 aliphatic heterocycles. The number of aryl methyl sites for hydroxylation is 4. The lowest BCUT2D eigenvalue weighted by atomic mass is 10.0. The van der Waals surface area contributed by atoms with Crippen molar-refractivity contribution in [2.75, 3.05) is 26.0 Å². The summed E-state index contributed by atoms with van der Waals surface area (Å²) in [7, 11) is 5.77. The van der Waals surface area contributed by atoms with Crippen molar-refractivity contribution in [2.45, 2.75) is 33.6 Å². The van der Waals surface area contributed by atoms with Crippen LogP contribution in [0.3, 0.4) is 0 Å². The highest BCUT2D eigenvalue weighted by molar-refractivity contribution is 5.97. The number of hydrogen-bond acceptors (Lipinski definition) is 4. The first-order chi connectivity index (χ1) is 19.6. The zero-order chi connectivity index (χ0) is 29.3. The number of ether oxygens (including phenoxy) is 1. The molecule has 8 heteroatoms. The fourth-order valence-electron chi connectivity index (χ4n) is 5.04. The Balaban J connectivity index is 1.45. The standard InChI is InChI=1S/C33H37N5O3/c1-20-14-23(27-19-38(6)33(40)32-26(27)18-30(36-32)28-12-10-22(3)34-28)16-25(15-20)41-24-11-9-21(2)29(17-24)35-31(39)8-7-13-37(4)5/h9-12,14-19,34,36H,7-8,13H2,1-6H3,(H,35,39). The van der Waals surface area contributed by atoms with Crippen LogP contribution in [-0.2, 0) is 11.8 Å². The molecule has 0 atom stereocenters. The van der Waals surface area contributed by atoms with Crippen LogP contribution < -0.4 is 15.6 Å². The van der Waals surface area contributed by atoms with E-state index in [0.717, 1.165) is 63.4 Å². The maximum absolute atomic E-state index is 13.0. The number of carbonyl (C=O) groups excluding carboxylic acids is 1. The minimum absolute atomic E-state index is 0.0102. The largest absolute Gasteiger partial charge is 0.457 e. The molecular formula is C33H37N5O3. The topological polar surface area (TPSA) is 95.2 Å². The zero-order valence-electron chi connectivity index (χ0n) is 24.5. The summed E-state index contributed by atoms with van der Waals surface area (Å²) in [6.07, 6.45) is 3.13. The van der Waals surface area contributed by atoms with Crippen molar-refractivity contribution in [3.05, 3.63) is 88.0 Å². The van der Waals surface area contributed by atoms with E-state index >= 15 is 0 Å². The Kier molecular flexibility index (Phi) is 7.85. The normalized spacial score (nSPS) is 11.4. The highest BCUT2D eigenvalue weighted by Gasteiger charge is 2.16. The maximum atomic E-state index is 13.0. The number of fused-ring (bicyclic) bond motifs is 1. The third-order valence-electron chi connectivity index (χ3n) is 7.18. The van der Waals surface area contributed by atoms with Crippen LogP contribution in [0.4, 0.5) is 5.69 Å². The van der Waals surface area contributed by atoms with Gasteiger partial charge in [-0.25, -0.2) is 0 Å². The molecule has 0 fully saturated rings. The van der Waals surface area contributed by atoms with E-state index in [9.17, 15) is 9.59 Å². The Morgan fingerprint density at radius 1 is 0.951 bits per heavy atom. The molecule has 5 aromatic rings. The fourth-order valence-corrected chi connectivity index (χ4v) is 5.04. The van der Waals surface area contributed by atoms with E-state index in [-0.39, 0.29) is 11.5 Å². The molecule has 3 N–H and O–H groups in total. The van der Waals surface area contributed by atoms with Gasteiger partial charge in [0.05, 0.1) is 11.4 Å². The van der Waals surface area contributed by atoms with Gasteiger partial charge in [-0.2, -0.15) is 0 Å². The van der Waals surface area contributed by atoms with Crippen molar-refractivity contribution in [1.82, 2.24) is 19.4 Å². The van der Waals surface area contributed by atoms with E-state index in [1.807, 2.05) is 89.6 Å². The molecule has 0 saturated carbocycles. The van der Waals surface area contributed by atoms with Gasteiger partial charge in [0.1, 0.15) is 17.0 Å². The Morgan fingerprint density at radius 3 is 2.49 bits per heavy atom. The number of carbonyl (C=O) groups is 1. The summed E-state index contributed by atoms with van der Waals surface area (Å²) in [6.45, 7) is 6.86. The molecule has 3 aromatic heterocycles. The quantitative estimate of drug-likeness (QED) is 0.194. The first-order valence-corrected chi connectivity index (χ1v) is 13.8. The molecule has 41 heavy (non-hydrogen) atoms. The first kappa shape index (κ1) is 28.0. The molecular weight excluding hydrogens is 514 g/mol. The maximum Gasteiger partial charge on any atom is 0.274 e. The third-order valence-corrected chi connectivity index (χ3v) is 7.18. The van der Waals surface area contributed by atoms with Gasteiger partial charge in [0, 0.05) is 48.1 Å². The van der Waals surface area contributed by atoms with Gasteiger partial charge in [-0.15, -0.1) is 0 Å². The van der Waals surface area contributed by atoms with Crippen LogP contribution in [0.15, 0.2) is 65.6 Å². The predicted molar refractivity (Wildman–Crippen MR) is 166 cm³/mol. The molecule has 5 rings (SSSR count). The molecule has 0 radical (unpaired) electrons. The monoisotopic (exact) mass is 551 g/mol. The van der Waals surface area contributed by atoms with E-state index in [0.29, 0.717) is 23.4 Å². The first-order valence-electron chi connectivity index (χ1n) is 13.8. The number of pyridine rings is 1. The summed E-state index contributed by atoms with van der Waals surface area (Å²) in [5, 5.41) is 3.88.